The van der Waals surface area contributed by atoms with Crippen LogP contribution >= 0.6 is 0 Å². The molecule has 5 nitrogen and oxygen atoms in total. The Labute approximate surface area is 45.7 Å². The van der Waals surface area contributed by atoms with Crippen molar-refractivity contribution in [2.45, 2.75) is 6.54 Å². The van der Waals surface area contributed by atoms with Crippen molar-refractivity contribution in [1.29, 1.82) is 0 Å². The fourth-order valence-electron chi connectivity index (χ4n) is 0.791. The lowest BCUT2D eigenvalue weighted by atomic mass is 10.7. The van der Waals surface area contributed by atoms with Crippen LogP contribution in [0.2, 0.25) is 0 Å². The number of anilines is 1. The van der Waals surface area contributed by atoms with E-state index in [2.05, 4.69) is 20.8 Å². The molecule has 0 atom stereocenters. The molecule has 0 saturated carbocycles. The van der Waals surface area contributed by atoms with Crippen LogP contribution in [0, 0.1) is 0 Å². The van der Waals surface area contributed by atoms with Crippen LogP contribution in [0.4, 0.5) is 5.95 Å². The van der Waals surface area contributed by atoms with Gasteiger partial charge in [0.05, 0.1) is 11.6 Å². The second kappa shape index (κ2) is 1.18. The number of aromatic nitrogens is 4. The molecule has 8 heavy (non-hydrogen) atoms. The highest BCUT2D eigenvalue weighted by Gasteiger charge is 2.18. The van der Waals surface area contributed by atoms with Gasteiger partial charge in [0.1, 0.15) is 11.8 Å². The third kappa shape index (κ3) is 0.330. The number of aromatic amines is 1. The van der Waals surface area contributed by atoms with Gasteiger partial charge in [0.15, 0.2) is 0 Å². The molecule has 0 saturated heterocycles. The van der Waals surface area contributed by atoms with Crippen molar-refractivity contribution < 1.29 is 4.68 Å². The van der Waals surface area contributed by atoms with Gasteiger partial charge in [0, 0.05) is 0 Å². The van der Waals surface area contributed by atoms with Gasteiger partial charge in [-0.15, -0.1) is 5.21 Å². The van der Waals surface area contributed by atoms with Crippen molar-refractivity contribution in [1.82, 2.24) is 15.5 Å². The first-order valence-corrected chi connectivity index (χ1v) is 2.51. The van der Waals surface area contributed by atoms with Crippen LogP contribution in [0.5, 0.6) is 0 Å². The quantitative estimate of drug-likeness (QED) is 0.402. The molecule has 5 heteroatoms. The summed E-state index contributed by atoms with van der Waals surface area (Å²) >= 11 is 0. The van der Waals surface area contributed by atoms with Gasteiger partial charge in [-0.25, -0.2) is 0 Å². The smallest absolute Gasteiger partial charge is 0.288 e. The Morgan fingerprint density at radius 1 is 1.62 bits per heavy atom. The highest BCUT2D eigenvalue weighted by atomic mass is 15.6. The average molecular weight is 112 g/mol. The number of hydrogen-bond donors (Lipinski definition) is 2. The van der Waals surface area contributed by atoms with Crippen molar-refractivity contribution in [2.75, 3.05) is 11.9 Å². The van der Waals surface area contributed by atoms with E-state index in [0.717, 1.165) is 19.0 Å². The Hall–Kier alpha value is -1.13. The first-order valence-electron chi connectivity index (χ1n) is 2.51. The van der Waals surface area contributed by atoms with Crippen molar-refractivity contribution in [3.05, 3.63) is 0 Å². The van der Waals surface area contributed by atoms with Crippen LogP contribution in [-0.4, -0.2) is 22.1 Å². The van der Waals surface area contributed by atoms with Crippen LogP contribution in [0.3, 0.4) is 0 Å². The second-order valence-corrected chi connectivity index (χ2v) is 1.70. The summed E-state index contributed by atoms with van der Waals surface area (Å²) in [5, 5.41) is 13.1. The minimum absolute atomic E-state index is 0.838. The predicted molar refractivity (Wildman–Crippen MR) is 25.1 cm³/mol. The zero-order valence-corrected chi connectivity index (χ0v) is 4.26. The van der Waals surface area contributed by atoms with E-state index >= 15 is 0 Å². The summed E-state index contributed by atoms with van der Waals surface area (Å²) < 4.78 is 1.86. The number of rotatable bonds is 0. The summed E-state index contributed by atoms with van der Waals surface area (Å²) in [6.07, 6.45) is 0. The van der Waals surface area contributed by atoms with Gasteiger partial charge in [-0.2, -0.15) is 4.68 Å². The maximum Gasteiger partial charge on any atom is 0.399 e. The molecule has 0 spiro atoms. The molecule has 42 valence electrons. The third-order valence-corrected chi connectivity index (χ3v) is 1.18. The molecular formula is C3H6N5+. The molecule has 2 N–H and O–H groups in total. The first kappa shape index (κ1) is 3.82. The van der Waals surface area contributed by atoms with E-state index < -0.39 is 0 Å². The average Bonchev–Trinajstić information content (AvgIpc) is 2.15. The molecule has 0 amide bonds. The lowest BCUT2D eigenvalue weighted by Crippen LogP contribution is -2.32. The summed E-state index contributed by atoms with van der Waals surface area (Å²) in [6.45, 7) is 1.91. The van der Waals surface area contributed by atoms with Gasteiger partial charge in [-0.05, 0) is 0 Å². The van der Waals surface area contributed by atoms with Gasteiger partial charge < -0.3 is 0 Å². The number of nitrogens with zero attached hydrogens (tertiary/aromatic N) is 3. The summed E-state index contributed by atoms with van der Waals surface area (Å²) in [5.41, 5.74) is 0. The molecule has 2 rings (SSSR count). The molecule has 1 aliphatic heterocycles. The molecule has 0 unspecified atom stereocenters. The lowest BCUT2D eigenvalue weighted by molar-refractivity contribution is -0.730. The Bertz CT molecular complexity index is 173. The number of fused-ring (bicyclic) bond motifs is 1. The third-order valence-electron chi connectivity index (χ3n) is 1.18. The molecule has 0 aromatic carbocycles. The summed E-state index contributed by atoms with van der Waals surface area (Å²) in [7, 11) is 0. The molecule has 2 heterocycles. The van der Waals surface area contributed by atoms with Gasteiger partial charge in [0.25, 0.3) is 0 Å². The van der Waals surface area contributed by atoms with Crippen LogP contribution < -0.4 is 10.00 Å². The molecule has 0 aliphatic carbocycles. The maximum atomic E-state index is 3.74. The Balaban J connectivity index is 2.54. The van der Waals surface area contributed by atoms with E-state index in [9.17, 15) is 0 Å². The Kier molecular flexibility index (Phi) is 0.563. The van der Waals surface area contributed by atoms with Crippen LogP contribution in [0.15, 0.2) is 0 Å². The zero-order chi connectivity index (χ0) is 5.40. The number of nitrogens with one attached hydrogen (secondary N) is 2. The molecule has 0 fully saturated rings. The Morgan fingerprint density at radius 3 is 3.50 bits per heavy atom. The van der Waals surface area contributed by atoms with Crippen molar-refractivity contribution in [3.63, 3.8) is 0 Å². The standard InChI is InChI=1S/C3H5N5/c1-2-8-3(4-1)5-6-7-8/h1-2H2,(H,4,5,7)/p+1. The predicted octanol–water partition coefficient (Wildman–Crippen LogP) is -1.48. The maximum absolute atomic E-state index is 3.74. The first-order chi connectivity index (χ1) is 3.97. The molecule has 1 aromatic heterocycles. The highest BCUT2D eigenvalue weighted by Crippen LogP contribution is 1.92. The molecule has 0 bridgehead atoms. The Morgan fingerprint density at radius 2 is 2.62 bits per heavy atom. The topological polar surface area (TPSA) is 57.5 Å². The summed E-state index contributed by atoms with van der Waals surface area (Å²) in [6, 6.07) is 0. The normalized spacial score (nSPS) is 15.5. The van der Waals surface area contributed by atoms with Crippen LogP contribution in [0.1, 0.15) is 0 Å². The molecular weight excluding hydrogens is 106 g/mol. The number of hydrogen-bond acceptors (Lipinski definition) is 3. The number of tetrazole rings is 1. The van der Waals surface area contributed by atoms with E-state index in [-0.39, 0.29) is 0 Å². The van der Waals surface area contributed by atoms with Crippen molar-refractivity contribution >= 4 is 5.95 Å². The van der Waals surface area contributed by atoms with Gasteiger partial charge >= 0.3 is 5.95 Å². The monoisotopic (exact) mass is 112 g/mol. The van der Waals surface area contributed by atoms with Gasteiger partial charge in [0.2, 0.25) is 0 Å². The lowest BCUT2D eigenvalue weighted by Gasteiger charge is -1.75. The largest absolute Gasteiger partial charge is 0.399 e. The van der Waals surface area contributed by atoms with E-state index in [4.69, 9.17) is 0 Å². The minimum Gasteiger partial charge on any atom is -0.288 e. The van der Waals surface area contributed by atoms with Crippen molar-refractivity contribution in [3.8, 4) is 0 Å². The second-order valence-electron chi connectivity index (χ2n) is 1.70. The summed E-state index contributed by atoms with van der Waals surface area (Å²) in [4.78, 5) is 0. The molecule has 1 aliphatic rings. The van der Waals surface area contributed by atoms with Gasteiger partial charge in [-0.3, -0.25) is 5.32 Å². The fraction of sp³-hybridized carbons (Fsp3) is 0.667. The molecule has 0 radical (unpaired) electrons. The fourth-order valence-corrected chi connectivity index (χ4v) is 0.791. The van der Waals surface area contributed by atoms with E-state index in [1.54, 1.807) is 0 Å². The highest BCUT2D eigenvalue weighted by molar-refractivity contribution is 5.14. The van der Waals surface area contributed by atoms with E-state index in [1.165, 1.54) is 0 Å². The van der Waals surface area contributed by atoms with Crippen LogP contribution in [0.25, 0.3) is 0 Å². The summed E-state index contributed by atoms with van der Waals surface area (Å²) in [5.74, 6) is 0.838. The van der Waals surface area contributed by atoms with E-state index in [0.29, 0.717) is 0 Å². The molecule has 1 aromatic rings. The van der Waals surface area contributed by atoms with E-state index in [1.807, 2.05) is 4.68 Å². The minimum atomic E-state index is 0.838. The SMILES string of the molecule is C1C[n+]2[nH]nnc2N1. The van der Waals surface area contributed by atoms with Crippen LogP contribution in [-0.2, 0) is 6.54 Å². The van der Waals surface area contributed by atoms with Gasteiger partial charge in [-0.1, -0.05) is 0 Å². The number of H-pyrrole nitrogens is 1. The van der Waals surface area contributed by atoms with Crippen molar-refractivity contribution in [2.24, 2.45) is 0 Å². The zero-order valence-electron chi connectivity index (χ0n) is 4.26.